The minimum atomic E-state index is -0.817. The van der Waals surface area contributed by atoms with Crippen molar-refractivity contribution in [3.05, 3.63) is 74.1 Å². The molecule has 170 valence electrons. The molecule has 0 bridgehead atoms. The number of thioether (sulfide) groups is 1. The van der Waals surface area contributed by atoms with Crippen LogP contribution in [0.15, 0.2) is 50.5 Å². The van der Waals surface area contributed by atoms with Crippen LogP contribution in [0.4, 0.5) is 5.69 Å². The molecule has 0 saturated carbocycles. The molecular weight excluding hydrogens is 450 g/mol. The molecule has 2 atom stereocenters. The number of fused-ring (bicyclic) bond motifs is 2. The van der Waals surface area contributed by atoms with Gasteiger partial charge in [0, 0.05) is 11.3 Å². The quantitative estimate of drug-likeness (QED) is 0.591. The molecule has 2 aliphatic rings. The van der Waals surface area contributed by atoms with Gasteiger partial charge in [-0.1, -0.05) is 12.1 Å². The molecule has 0 aliphatic carbocycles. The first-order chi connectivity index (χ1) is 15.9. The summed E-state index contributed by atoms with van der Waals surface area (Å²) in [7, 11) is 0. The molecule has 10 nitrogen and oxygen atoms in total. The fraction of sp³-hybridized carbons (Fsp3) is 0.273. The molecule has 5 rings (SSSR count). The number of nitrogens with zero attached hydrogens (tertiary/aromatic N) is 1. The first-order valence-electron chi connectivity index (χ1n) is 10.2. The van der Waals surface area contributed by atoms with Crippen molar-refractivity contribution in [3.8, 4) is 11.5 Å². The molecule has 2 aliphatic heterocycles. The number of aromatic nitrogens is 2. The molecule has 3 aromatic rings. The fourth-order valence-corrected chi connectivity index (χ4v) is 5.01. The highest BCUT2D eigenvalue weighted by Crippen LogP contribution is 2.39. The van der Waals surface area contributed by atoms with Gasteiger partial charge in [0.15, 0.2) is 17.3 Å². The van der Waals surface area contributed by atoms with Crippen LogP contribution in [0.1, 0.15) is 28.4 Å². The molecule has 2 aromatic carbocycles. The maximum absolute atomic E-state index is 13.0. The number of carbonyl (C=O) groups excluding carboxylic acids is 2. The van der Waals surface area contributed by atoms with E-state index in [1.165, 1.54) is 11.8 Å². The number of carbonyl (C=O) groups is 2. The summed E-state index contributed by atoms with van der Waals surface area (Å²) in [4.78, 5) is 50.6. The average Bonchev–Trinajstić information content (AvgIpc) is 3.34. The van der Waals surface area contributed by atoms with E-state index in [1.807, 2.05) is 4.98 Å². The van der Waals surface area contributed by atoms with E-state index in [0.717, 1.165) is 10.3 Å². The van der Waals surface area contributed by atoms with E-state index in [2.05, 4.69) is 5.32 Å². The van der Waals surface area contributed by atoms with E-state index in [0.29, 0.717) is 34.7 Å². The van der Waals surface area contributed by atoms with Crippen LogP contribution >= 0.6 is 11.8 Å². The van der Waals surface area contributed by atoms with E-state index >= 15 is 0 Å². The number of benzene rings is 2. The Kier molecular flexibility index (Phi) is 5.33. The number of H-pyrrole nitrogens is 1. The Bertz CT molecular complexity index is 1360. The van der Waals surface area contributed by atoms with Crippen LogP contribution in [-0.2, 0) is 17.8 Å². The highest BCUT2D eigenvalue weighted by atomic mass is 32.2. The average molecular weight is 469 g/mol. The summed E-state index contributed by atoms with van der Waals surface area (Å²) >= 11 is 1.32. The second-order valence-electron chi connectivity index (χ2n) is 7.73. The zero-order valence-corrected chi connectivity index (χ0v) is 18.3. The number of rotatable bonds is 4. The first kappa shape index (κ1) is 21.1. The standard InChI is InChI=1S/C22H19N3O7S/c1-11-19(26)15-8-17-16(30-10-31-17)6-13(15)7-18(33-11)20(27)23-14-4-2-12(3-5-14)9-25-21(28)24-22(29)32-25/h2-6,8,11,18H,7,9-10H2,1H3,(H,23,27)(H,24,28,29)/t11-,18+/m0/s1. The van der Waals surface area contributed by atoms with Gasteiger partial charge in [0.25, 0.3) is 0 Å². The van der Waals surface area contributed by atoms with Gasteiger partial charge in [0.1, 0.15) is 0 Å². The van der Waals surface area contributed by atoms with Crippen molar-refractivity contribution in [1.29, 1.82) is 0 Å². The van der Waals surface area contributed by atoms with E-state index in [1.54, 1.807) is 43.3 Å². The van der Waals surface area contributed by atoms with Crippen LogP contribution in [0.3, 0.4) is 0 Å². The van der Waals surface area contributed by atoms with Gasteiger partial charge in [0.2, 0.25) is 12.7 Å². The monoisotopic (exact) mass is 469 g/mol. The summed E-state index contributed by atoms with van der Waals surface area (Å²) < 4.78 is 16.5. The Morgan fingerprint density at radius 1 is 1.15 bits per heavy atom. The lowest BCUT2D eigenvalue weighted by atomic mass is 9.97. The minimum Gasteiger partial charge on any atom is -0.454 e. The van der Waals surface area contributed by atoms with Crippen molar-refractivity contribution in [2.24, 2.45) is 0 Å². The number of Topliss-reactive ketones (excluding diaryl/α,β-unsaturated/α-hetero) is 1. The van der Waals surface area contributed by atoms with Gasteiger partial charge < -0.3 is 19.3 Å². The minimum absolute atomic E-state index is 0.0420. The molecule has 2 N–H and O–H groups in total. The lowest BCUT2D eigenvalue weighted by Gasteiger charge is -2.16. The molecule has 0 fully saturated rings. The summed E-state index contributed by atoms with van der Waals surface area (Å²) in [6.07, 6.45) is 0.381. The Labute approximate surface area is 190 Å². The largest absolute Gasteiger partial charge is 0.454 e. The number of hydrogen-bond acceptors (Lipinski definition) is 8. The smallest absolute Gasteiger partial charge is 0.440 e. The van der Waals surface area contributed by atoms with E-state index < -0.39 is 16.7 Å². The Morgan fingerprint density at radius 3 is 2.58 bits per heavy atom. The zero-order valence-electron chi connectivity index (χ0n) is 17.5. The molecule has 1 amide bonds. The van der Waals surface area contributed by atoms with E-state index in [4.69, 9.17) is 14.0 Å². The van der Waals surface area contributed by atoms with Crippen LogP contribution < -0.4 is 26.2 Å². The molecular formula is C22H19N3O7S. The molecule has 11 heteroatoms. The second-order valence-corrected chi connectivity index (χ2v) is 9.28. The number of ketones is 1. The van der Waals surface area contributed by atoms with Crippen LogP contribution in [0.5, 0.6) is 11.5 Å². The van der Waals surface area contributed by atoms with Crippen molar-refractivity contribution in [2.45, 2.75) is 30.4 Å². The van der Waals surface area contributed by atoms with Gasteiger partial charge in [-0.05, 0) is 48.7 Å². The maximum Gasteiger partial charge on any atom is 0.440 e. The van der Waals surface area contributed by atoms with Crippen LogP contribution in [0, 0.1) is 0 Å². The third-order valence-electron chi connectivity index (χ3n) is 5.48. The van der Waals surface area contributed by atoms with Crippen molar-refractivity contribution in [3.63, 3.8) is 0 Å². The number of amides is 1. The van der Waals surface area contributed by atoms with Crippen LogP contribution in [0.2, 0.25) is 0 Å². The lowest BCUT2D eigenvalue weighted by Crippen LogP contribution is -2.28. The van der Waals surface area contributed by atoms with Gasteiger partial charge >= 0.3 is 11.4 Å². The predicted molar refractivity (Wildman–Crippen MR) is 119 cm³/mol. The Hall–Kier alpha value is -3.73. The highest BCUT2D eigenvalue weighted by Gasteiger charge is 2.33. The van der Waals surface area contributed by atoms with Crippen molar-refractivity contribution in [1.82, 2.24) is 9.72 Å². The lowest BCUT2D eigenvalue weighted by molar-refractivity contribution is -0.115. The van der Waals surface area contributed by atoms with Gasteiger partial charge in [-0.25, -0.2) is 14.6 Å². The van der Waals surface area contributed by atoms with Crippen molar-refractivity contribution >= 4 is 29.1 Å². The predicted octanol–water partition coefficient (Wildman–Crippen LogP) is 1.77. The van der Waals surface area contributed by atoms with Crippen molar-refractivity contribution in [2.75, 3.05) is 12.1 Å². The number of ether oxygens (including phenoxy) is 2. The molecule has 1 aromatic heterocycles. The van der Waals surface area contributed by atoms with E-state index in [9.17, 15) is 19.2 Å². The van der Waals surface area contributed by atoms with E-state index in [-0.39, 0.29) is 30.3 Å². The number of anilines is 1. The van der Waals surface area contributed by atoms with Gasteiger partial charge in [0.05, 0.1) is 17.0 Å². The molecule has 0 radical (unpaired) electrons. The summed E-state index contributed by atoms with van der Waals surface area (Å²) in [6, 6.07) is 10.3. The fourth-order valence-electron chi connectivity index (χ4n) is 3.81. The van der Waals surface area contributed by atoms with Crippen molar-refractivity contribution < 1.29 is 23.6 Å². The van der Waals surface area contributed by atoms with Gasteiger partial charge in [-0.15, -0.1) is 16.5 Å². The summed E-state index contributed by atoms with van der Waals surface area (Å²) in [6.45, 7) is 1.99. The highest BCUT2D eigenvalue weighted by molar-refractivity contribution is 8.01. The molecule has 0 spiro atoms. The maximum atomic E-state index is 13.0. The summed E-state index contributed by atoms with van der Waals surface area (Å²) in [5.74, 6) is 0.0464. The van der Waals surface area contributed by atoms with Gasteiger partial charge in [-0.3, -0.25) is 9.59 Å². The van der Waals surface area contributed by atoms with Crippen LogP contribution in [0.25, 0.3) is 0 Å². The summed E-state index contributed by atoms with van der Waals surface area (Å²) in [5.41, 5.74) is 1.97. The molecule has 0 unspecified atom stereocenters. The third-order valence-corrected chi connectivity index (χ3v) is 6.81. The second kappa shape index (κ2) is 8.32. The molecule has 3 heterocycles. The van der Waals surface area contributed by atoms with Crippen LogP contribution in [-0.4, -0.2) is 38.7 Å². The molecule has 0 saturated heterocycles. The Balaban J connectivity index is 1.31. The normalized spacial score (nSPS) is 19.1. The zero-order chi connectivity index (χ0) is 23.1. The molecule has 33 heavy (non-hydrogen) atoms. The van der Waals surface area contributed by atoms with Gasteiger partial charge in [-0.2, -0.15) is 0 Å². The number of aromatic amines is 1. The summed E-state index contributed by atoms with van der Waals surface area (Å²) in [5, 5.41) is 2.03. The Morgan fingerprint density at radius 2 is 1.88 bits per heavy atom. The topological polar surface area (TPSA) is 133 Å². The first-order valence-corrected chi connectivity index (χ1v) is 11.1. The SMILES string of the molecule is C[C@@H]1S[C@@H](C(=O)Nc2ccc(Cn3oc(=O)[nH]c3=O)cc2)Cc2cc3c(cc2C1=O)OCO3. The number of nitrogens with one attached hydrogen (secondary N) is 2. The third kappa shape index (κ3) is 4.19. The number of hydrogen-bond donors (Lipinski definition) is 2.